The minimum absolute atomic E-state index is 0.0185. The van der Waals surface area contributed by atoms with E-state index in [1.807, 2.05) is 0 Å². The molecule has 0 aromatic heterocycles. The van der Waals surface area contributed by atoms with E-state index in [1.54, 1.807) is 4.90 Å². The van der Waals surface area contributed by atoms with Gasteiger partial charge >= 0.3 is 0 Å². The van der Waals surface area contributed by atoms with Crippen LogP contribution in [-0.4, -0.2) is 61.5 Å². The molecule has 1 amide bonds. The minimum atomic E-state index is -3.10. The number of amides is 1. The maximum atomic E-state index is 12.6. The van der Waals surface area contributed by atoms with Crippen LogP contribution in [0.2, 0.25) is 0 Å². The molecule has 1 saturated heterocycles. The zero-order valence-electron chi connectivity index (χ0n) is 14.3. The van der Waals surface area contributed by atoms with E-state index < -0.39 is 14.8 Å². The first-order chi connectivity index (χ1) is 12.3. The molecule has 1 aromatic carbocycles. The van der Waals surface area contributed by atoms with Crippen molar-refractivity contribution in [3.8, 4) is 11.5 Å². The fraction of sp³-hybridized carbons (Fsp3) is 0.562. The van der Waals surface area contributed by atoms with Crippen LogP contribution in [0.15, 0.2) is 18.2 Å². The number of methoxy groups -OCH3 is 1. The number of rotatable bonds is 7. The van der Waals surface area contributed by atoms with E-state index in [2.05, 4.69) is 0 Å². The molecule has 2 fully saturated rings. The Balaban J connectivity index is 1.71. The van der Waals surface area contributed by atoms with Crippen molar-refractivity contribution in [2.24, 2.45) is 0 Å². The Morgan fingerprint density at radius 2 is 2.00 bits per heavy atom. The molecule has 1 aliphatic heterocycles. The lowest BCUT2D eigenvalue weighted by molar-refractivity contribution is -0.385. The summed E-state index contributed by atoms with van der Waals surface area (Å²) in [4.78, 5) is 24.6. The number of nitrogens with zero attached hydrogens (tertiary/aromatic N) is 2. The Hall–Kier alpha value is -2.36. The van der Waals surface area contributed by atoms with Gasteiger partial charge in [-0.25, -0.2) is 8.42 Å². The largest absolute Gasteiger partial charge is 0.493 e. The number of sulfone groups is 1. The van der Waals surface area contributed by atoms with Gasteiger partial charge in [-0.1, -0.05) is 0 Å². The molecular weight excluding hydrogens is 364 g/mol. The lowest BCUT2D eigenvalue weighted by Crippen LogP contribution is -2.45. The predicted octanol–water partition coefficient (Wildman–Crippen LogP) is 1.16. The molecule has 2 aliphatic rings. The van der Waals surface area contributed by atoms with Crippen molar-refractivity contribution >= 4 is 21.4 Å². The Morgan fingerprint density at radius 3 is 2.54 bits per heavy atom. The van der Waals surface area contributed by atoms with E-state index >= 15 is 0 Å². The molecule has 9 nitrogen and oxygen atoms in total. The van der Waals surface area contributed by atoms with Crippen LogP contribution in [-0.2, 0) is 14.6 Å². The van der Waals surface area contributed by atoms with Crippen LogP contribution in [0.1, 0.15) is 19.3 Å². The van der Waals surface area contributed by atoms with Crippen LogP contribution in [0.5, 0.6) is 11.5 Å². The van der Waals surface area contributed by atoms with E-state index in [0.717, 1.165) is 12.8 Å². The van der Waals surface area contributed by atoms with Crippen molar-refractivity contribution in [3.05, 3.63) is 28.3 Å². The lowest BCUT2D eigenvalue weighted by Gasteiger charge is -2.28. The molecule has 1 atom stereocenters. The molecule has 0 bridgehead atoms. The first kappa shape index (κ1) is 18.4. The zero-order valence-corrected chi connectivity index (χ0v) is 15.1. The maximum Gasteiger partial charge on any atom is 0.273 e. The summed E-state index contributed by atoms with van der Waals surface area (Å²) in [5.74, 6) is 0.140. The molecule has 0 unspecified atom stereocenters. The summed E-state index contributed by atoms with van der Waals surface area (Å²) in [5.41, 5.74) is -0.172. The number of nitro benzene ring substituents is 1. The van der Waals surface area contributed by atoms with Gasteiger partial charge in [-0.3, -0.25) is 14.9 Å². The third-order valence-corrected chi connectivity index (χ3v) is 6.29. The molecule has 3 rings (SSSR count). The highest BCUT2D eigenvalue weighted by Gasteiger charge is 2.42. The van der Waals surface area contributed by atoms with Crippen LogP contribution in [0, 0.1) is 10.1 Å². The van der Waals surface area contributed by atoms with Gasteiger partial charge in [-0.05, 0) is 25.3 Å². The summed E-state index contributed by atoms with van der Waals surface area (Å²) in [6.07, 6.45) is 2.13. The van der Waals surface area contributed by atoms with Crippen LogP contribution in [0.3, 0.4) is 0 Å². The number of carbonyl (C=O) groups excluding carboxylic acids is 1. The van der Waals surface area contributed by atoms with Crippen LogP contribution in [0.25, 0.3) is 0 Å². The van der Waals surface area contributed by atoms with Crippen LogP contribution >= 0.6 is 0 Å². The zero-order chi connectivity index (χ0) is 18.9. The monoisotopic (exact) mass is 384 g/mol. The van der Waals surface area contributed by atoms with Crippen molar-refractivity contribution in [2.45, 2.75) is 31.3 Å². The summed E-state index contributed by atoms with van der Waals surface area (Å²) >= 11 is 0. The molecule has 0 radical (unpaired) electrons. The SMILES string of the molecule is COc1ccc([N+](=O)[O-])cc1OCC(=O)N(C1CC1)[C@@H]1CCS(=O)(=O)C1. The Bertz CT molecular complexity index is 820. The molecule has 1 heterocycles. The van der Waals surface area contributed by atoms with E-state index in [9.17, 15) is 23.3 Å². The molecule has 1 aliphatic carbocycles. The van der Waals surface area contributed by atoms with E-state index in [0.29, 0.717) is 6.42 Å². The third kappa shape index (κ3) is 4.06. The number of nitro groups is 1. The average molecular weight is 384 g/mol. The van der Waals surface area contributed by atoms with Gasteiger partial charge in [0.25, 0.3) is 11.6 Å². The van der Waals surface area contributed by atoms with Gasteiger partial charge in [0.2, 0.25) is 0 Å². The van der Waals surface area contributed by atoms with E-state index in [-0.39, 0.29) is 53.3 Å². The fourth-order valence-electron chi connectivity index (χ4n) is 3.16. The van der Waals surface area contributed by atoms with Gasteiger partial charge in [0.05, 0.1) is 29.6 Å². The molecule has 142 valence electrons. The lowest BCUT2D eigenvalue weighted by atomic mass is 10.2. The second-order valence-electron chi connectivity index (χ2n) is 6.47. The summed E-state index contributed by atoms with van der Waals surface area (Å²) in [6.45, 7) is -0.329. The second kappa shape index (κ2) is 7.10. The Morgan fingerprint density at radius 1 is 1.27 bits per heavy atom. The number of hydrogen-bond donors (Lipinski definition) is 0. The van der Waals surface area contributed by atoms with Gasteiger partial charge in [-0.15, -0.1) is 0 Å². The molecule has 0 spiro atoms. The Kier molecular flexibility index (Phi) is 5.03. The van der Waals surface area contributed by atoms with E-state index in [4.69, 9.17) is 9.47 Å². The highest BCUT2D eigenvalue weighted by molar-refractivity contribution is 7.91. The van der Waals surface area contributed by atoms with E-state index in [1.165, 1.54) is 25.3 Å². The molecule has 0 N–H and O–H groups in total. The van der Waals surface area contributed by atoms with Gasteiger partial charge in [0, 0.05) is 18.2 Å². The number of non-ortho nitro benzene ring substituents is 1. The smallest absolute Gasteiger partial charge is 0.273 e. The van der Waals surface area contributed by atoms with Crippen molar-refractivity contribution in [3.63, 3.8) is 0 Å². The second-order valence-corrected chi connectivity index (χ2v) is 8.70. The molecule has 26 heavy (non-hydrogen) atoms. The van der Waals surface area contributed by atoms with Gasteiger partial charge < -0.3 is 14.4 Å². The Labute approximate surface area is 150 Å². The maximum absolute atomic E-state index is 12.6. The quantitative estimate of drug-likeness (QED) is 0.511. The number of benzene rings is 1. The third-order valence-electron chi connectivity index (χ3n) is 4.54. The first-order valence-corrected chi connectivity index (χ1v) is 10.1. The van der Waals surface area contributed by atoms with Gasteiger partial charge in [0.15, 0.2) is 27.9 Å². The summed E-state index contributed by atoms with van der Waals surface area (Å²) in [5, 5.41) is 10.9. The van der Waals surface area contributed by atoms with Crippen LogP contribution < -0.4 is 9.47 Å². The fourth-order valence-corrected chi connectivity index (χ4v) is 4.87. The summed E-state index contributed by atoms with van der Waals surface area (Å²) < 4.78 is 34.0. The van der Waals surface area contributed by atoms with Crippen molar-refractivity contribution < 1.29 is 27.6 Å². The number of ether oxygens (including phenoxy) is 2. The van der Waals surface area contributed by atoms with Gasteiger partial charge in [-0.2, -0.15) is 0 Å². The molecule has 1 saturated carbocycles. The first-order valence-electron chi connectivity index (χ1n) is 8.27. The van der Waals surface area contributed by atoms with Crippen molar-refractivity contribution in [1.29, 1.82) is 0 Å². The normalized spacial score (nSPS) is 21.2. The average Bonchev–Trinajstić information content (AvgIpc) is 3.36. The van der Waals surface area contributed by atoms with Crippen molar-refractivity contribution in [1.82, 2.24) is 4.90 Å². The highest BCUT2D eigenvalue weighted by Crippen LogP contribution is 2.34. The summed E-state index contributed by atoms with van der Waals surface area (Å²) in [7, 11) is -1.70. The predicted molar refractivity (Wildman–Crippen MR) is 92.1 cm³/mol. The summed E-state index contributed by atoms with van der Waals surface area (Å²) in [6, 6.07) is 3.62. The standard InChI is InChI=1S/C16H20N2O7S/c1-24-14-5-4-12(18(20)21)8-15(14)25-9-16(19)17(11-2-3-11)13-6-7-26(22,23)10-13/h4-5,8,11,13H,2-3,6-7,9-10H2,1H3/t13-/m1/s1. The molecule has 1 aromatic rings. The van der Waals surface area contributed by atoms with Crippen molar-refractivity contribution in [2.75, 3.05) is 25.2 Å². The minimum Gasteiger partial charge on any atom is -0.493 e. The topological polar surface area (TPSA) is 116 Å². The number of carbonyl (C=O) groups is 1. The molecular formula is C16H20N2O7S. The van der Waals surface area contributed by atoms with Crippen LogP contribution in [0.4, 0.5) is 5.69 Å². The molecule has 10 heteroatoms. The number of hydrogen-bond acceptors (Lipinski definition) is 7. The highest BCUT2D eigenvalue weighted by atomic mass is 32.2. The van der Waals surface area contributed by atoms with Gasteiger partial charge in [0.1, 0.15) is 0 Å².